The molecule has 0 aliphatic carbocycles. The second-order valence-corrected chi connectivity index (χ2v) is 1.06. The molecule has 0 rings (SSSR count). The van der Waals surface area contributed by atoms with Crippen LogP contribution in [0.3, 0.4) is 0 Å². The number of hydrogen-bond donors (Lipinski definition) is 3. The van der Waals surface area contributed by atoms with Crippen molar-refractivity contribution in [3.05, 3.63) is 11.6 Å². The fourth-order valence-corrected chi connectivity index (χ4v) is 0.171. The van der Waals surface area contributed by atoms with Crippen molar-refractivity contribution in [3.8, 4) is 6.07 Å². The molecule has 0 saturated carbocycles. The summed E-state index contributed by atoms with van der Waals surface area (Å²) in [4.78, 5) is 0. The number of nitrogens with zero attached hydrogens (tertiary/aromatic N) is 1. The first-order valence-electron chi connectivity index (χ1n) is 1.92. The van der Waals surface area contributed by atoms with Crippen molar-refractivity contribution in [2.45, 2.75) is 0 Å². The molecule has 0 atom stereocenters. The highest BCUT2D eigenvalue weighted by molar-refractivity contribution is 5.13. The largest absolute Gasteiger partial charge is 0.496 e. The van der Waals surface area contributed by atoms with Gasteiger partial charge in [-0.05, 0) is 0 Å². The predicted octanol–water partition coefficient (Wildman–Crippen LogP) is 0.0145. The van der Waals surface area contributed by atoms with Crippen LogP contribution in [0.5, 0.6) is 0 Å². The lowest BCUT2D eigenvalue weighted by molar-refractivity contribution is 0.316. The Labute approximate surface area is 46.7 Å². The summed E-state index contributed by atoms with van der Waals surface area (Å²) in [5, 5.41) is 26.8. The van der Waals surface area contributed by atoms with Crippen LogP contribution in [-0.2, 0) is 0 Å². The second-order valence-electron chi connectivity index (χ2n) is 1.06. The molecule has 0 heterocycles. The van der Waals surface area contributed by atoms with Crippen molar-refractivity contribution in [1.82, 2.24) is 5.32 Å². The van der Waals surface area contributed by atoms with Crippen molar-refractivity contribution >= 4 is 0 Å². The highest BCUT2D eigenvalue weighted by Gasteiger charge is 1.95. The molecule has 0 spiro atoms. The maximum atomic E-state index is 8.42. The summed E-state index contributed by atoms with van der Waals surface area (Å²) in [6, 6.07) is 1.34. The third-order valence-corrected chi connectivity index (χ3v) is 0.567. The molecule has 8 heavy (non-hydrogen) atoms. The quantitative estimate of drug-likeness (QED) is 0.255. The van der Waals surface area contributed by atoms with Gasteiger partial charge in [-0.3, -0.25) is 0 Å². The van der Waals surface area contributed by atoms with Crippen molar-refractivity contribution in [2.75, 3.05) is 7.05 Å². The van der Waals surface area contributed by atoms with E-state index in [1.807, 2.05) is 0 Å². The minimum Gasteiger partial charge on any atom is -0.496 e. The Morgan fingerprint density at radius 2 is 2.12 bits per heavy atom. The van der Waals surface area contributed by atoms with Gasteiger partial charge < -0.3 is 15.5 Å². The molecule has 0 amide bonds. The van der Waals surface area contributed by atoms with E-state index in [4.69, 9.17) is 15.5 Å². The SMILES string of the molecule is CN/C(O)=C(/O)C#N. The Hall–Kier alpha value is -1.37. The van der Waals surface area contributed by atoms with E-state index in [0.717, 1.165) is 0 Å². The lowest BCUT2D eigenvalue weighted by atomic mass is 10.6. The number of hydrogen-bond acceptors (Lipinski definition) is 4. The summed E-state index contributed by atoms with van der Waals surface area (Å²) in [5.41, 5.74) is 0. The van der Waals surface area contributed by atoms with Gasteiger partial charge in [0.25, 0.3) is 5.76 Å². The second kappa shape index (κ2) is 2.75. The number of nitriles is 1. The molecule has 4 nitrogen and oxygen atoms in total. The third-order valence-electron chi connectivity index (χ3n) is 0.567. The van der Waals surface area contributed by atoms with Crippen molar-refractivity contribution in [2.24, 2.45) is 0 Å². The number of rotatable bonds is 1. The van der Waals surface area contributed by atoms with E-state index in [-0.39, 0.29) is 0 Å². The van der Waals surface area contributed by atoms with E-state index >= 15 is 0 Å². The van der Waals surface area contributed by atoms with Crippen LogP contribution in [0.1, 0.15) is 0 Å². The highest BCUT2D eigenvalue weighted by atomic mass is 16.3. The van der Waals surface area contributed by atoms with Gasteiger partial charge in [0.2, 0.25) is 5.88 Å². The van der Waals surface area contributed by atoms with Gasteiger partial charge in [-0.25, -0.2) is 0 Å². The van der Waals surface area contributed by atoms with Crippen LogP contribution in [-0.4, -0.2) is 17.3 Å². The Balaban J connectivity index is 4.10. The topological polar surface area (TPSA) is 76.3 Å². The van der Waals surface area contributed by atoms with Crippen LogP contribution in [0.15, 0.2) is 11.6 Å². The summed E-state index contributed by atoms with van der Waals surface area (Å²) in [5.74, 6) is -1.21. The molecule has 0 aliphatic heterocycles. The minimum atomic E-state index is -0.701. The van der Waals surface area contributed by atoms with E-state index in [9.17, 15) is 0 Å². The summed E-state index contributed by atoms with van der Waals surface area (Å²) >= 11 is 0. The molecule has 0 unspecified atom stereocenters. The molecule has 44 valence electrons. The predicted molar refractivity (Wildman–Crippen MR) is 27.0 cm³/mol. The summed E-state index contributed by atoms with van der Waals surface area (Å²) in [6.45, 7) is 0. The zero-order chi connectivity index (χ0) is 6.57. The monoisotopic (exact) mass is 114 g/mol. The van der Waals surface area contributed by atoms with Crippen molar-refractivity contribution in [1.29, 1.82) is 5.26 Å². The van der Waals surface area contributed by atoms with Crippen LogP contribution in [0.4, 0.5) is 0 Å². The van der Waals surface area contributed by atoms with Gasteiger partial charge in [-0.15, -0.1) is 0 Å². The summed E-state index contributed by atoms with van der Waals surface area (Å²) in [6.07, 6.45) is 0. The Morgan fingerprint density at radius 3 is 2.25 bits per heavy atom. The first-order valence-corrected chi connectivity index (χ1v) is 1.92. The average Bonchev–Trinajstić information content (AvgIpc) is 1.84. The van der Waals surface area contributed by atoms with Crippen LogP contribution in [0, 0.1) is 11.3 Å². The fourth-order valence-electron chi connectivity index (χ4n) is 0.171. The van der Waals surface area contributed by atoms with E-state index in [1.54, 1.807) is 0 Å². The van der Waals surface area contributed by atoms with Gasteiger partial charge in [0.1, 0.15) is 6.07 Å². The van der Waals surface area contributed by atoms with Crippen LogP contribution in [0.2, 0.25) is 0 Å². The van der Waals surface area contributed by atoms with Gasteiger partial charge in [0.15, 0.2) is 0 Å². The average molecular weight is 114 g/mol. The van der Waals surface area contributed by atoms with Crippen LogP contribution >= 0.6 is 0 Å². The molecule has 0 radical (unpaired) electrons. The third kappa shape index (κ3) is 1.39. The number of aliphatic hydroxyl groups excluding tert-OH is 2. The first kappa shape index (κ1) is 6.63. The Bertz CT molecular complexity index is 145. The fraction of sp³-hybridized carbons (Fsp3) is 0.250. The van der Waals surface area contributed by atoms with Gasteiger partial charge in [-0.1, -0.05) is 0 Å². The normalized spacial score (nSPS) is 11.5. The van der Waals surface area contributed by atoms with Crippen LogP contribution < -0.4 is 5.32 Å². The molecule has 0 aromatic carbocycles. The Kier molecular flexibility index (Phi) is 2.28. The standard InChI is InChI=1S/C4H6N2O2/c1-6-4(8)3(7)2-5/h6-8H,1H3/b4-3-. The number of nitrogens with one attached hydrogen (secondary N) is 1. The Morgan fingerprint density at radius 1 is 1.62 bits per heavy atom. The van der Waals surface area contributed by atoms with Gasteiger partial charge in [0, 0.05) is 7.05 Å². The molecule has 0 saturated heterocycles. The molecular formula is C4H6N2O2. The molecule has 0 aromatic heterocycles. The van der Waals surface area contributed by atoms with Crippen LogP contribution in [0.25, 0.3) is 0 Å². The van der Waals surface area contributed by atoms with Crippen molar-refractivity contribution < 1.29 is 10.2 Å². The minimum absolute atomic E-state index is 0.507. The molecule has 0 aliphatic rings. The molecular weight excluding hydrogens is 108 g/mol. The van der Waals surface area contributed by atoms with E-state index in [1.165, 1.54) is 13.1 Å². The molecule has 0 bridgehead atoms. The maximum Gasteiger partial charge on any atom is 0.255 e. The molecule has 0 fully saturated rings. The lowest BCUT2D eigenvalue weighted by Crippen LogP contribution is -2.07. The van der Waals surface area contributed by atoms with E-state index < -0.39 is 11.6 Å². The van der Waals surface area contributed by atoms with Gasteiger partial charge >= 0.3 is 0 Å². The summed E-state index contributed by atoms with van der Waals surface area (Å²) in [7, 11) is 1.39. The summed E-state index contributed by atoms with van der Waals surface area (Å²) < 4.78 is 0. The maximum absolute atomic E-state index is 8.42. The van der Waals surface area contributed by atoms with Crippen molar-refractivity contribution in [3.63, 3.8) is 0 Å². The molecule has 3 N–H and O–H groups in total. The zero-order valence-electron chi connectivity index (χ0n) is 4.34. The van der Waals surface area contributed by atoms with E-state index in [2.05, 4.69) is 5.32 Å². The molecule has 4 heteroatoms. The van der Waals surface area contributed by atoms with E-state index in [0.29, 0.717) is 0 Å². The molecule has 0 aromatic rings. The number of aliphatic hydroxyl groups is 2. The van der Waals surface area contributed by atoms with Gasteiger partial charge in [-0.2, -0.15) is 5.26 Å². The highest BCUT2D eigenvalue weighted by Crippen LogP contribution is 1.87. The number of allylic oxidation sites excluding steroid dienone is 1. The smallest absolute Gasteiger partial charge is 0.255 e. The first-order chi connectivity index (χ1) is 3.72. The zero-order valence-corrected chi connectivity index (χ0v) is 4.34. The lowest BCUT2D eigenvalue weighted by Gasteiger charge is -1.93. The van der Waals surface area contributed by atoms with Gasteiger partial charge in [0.05, 0.1) is 0 Å².